The quantitative estimate of drug-likeness (QED) is 0.535. The van der Waals surface area contributed by atoms with Crippen molar-refractivity contribution in [1.82, 2.24) is 4.57 Å². The molecule has 1 aliphatic carbocycles. The fraction of sp³-hybridized carbons (Fsp3) is 0.261. The predicted molar refractivity (Wildman–Crippen MR) is 108 cm³/mol. The van der Waals surface area contributed by atoms with Crippen LogP contribution < -0.4 is 5.73 Å². The van der Waals surface area contributed by atoms with Crippen LogP contribution in [0.4, 0.5) is 0 Å². The van der Waals surface area contributed by atoms with Crippen molar-refractivity contribution in [1.29, 1.82) is 0 Å². The molecule has 2 aromatic heterocycles. The molecule has 2 N–H and O–H groups in total. The average molecular weight is 358 g/mol. The van der Waals surface area contributed by atoms with Gasteiger partial charge in [0.05, 0.1) is 6.26 Å². The van der Waals surface area contributed by atoms with E-state index < -0.39 is 0 Å². The molecule has 2 heterocycles. The summed E-state index contributed by atoms with van der Waals surface area (Å²) in [6.07, 6.45) is 6.86. The highest BCUT2D eigenvalue weighted by Gasteiger charge is 2.21. The zero-order valence-electron chi connectivity index (χ0n) is 15.2. The summed E-state index contributed by atoms with van der Waals surface area (Å²) in [4.78, 5) is 12.1. The Bertz CT molecular complexity index is 1130. The van der Waals surface area contributed by atoms with Gasteiger partial charge in [0.2, 0.25) is 5.91 Å². The van der Waals surface area contributed by atoms with Crippen LogP contribution in [-0.2, 0) is 6.54 Å². The van der Waals surface area contributed by atoms with Crippen LogP contribution in [0.25, 0.3) is 33.1 Å². The van der Waals surface area contributed by atoms with Crippen molar-refractivity contribution in [2.24, 2.45) is 11.7 Å². The van der Waals surface area contributed by atoms with Gasteiger partial charge in [-0.05, 0) is 49.1 Å². The van der Waals surface area contributed by atoms with E-state index >= 15 is 0 Å². The number of nitrogens with zero attached hydrogens (tertiary/aromatic N) is 1. The van der Waals surface area contributed by atoms with Gasteiger partial charge in [0, 0.05) is 39.5 Å². The molecule has 4 heteroatoms. The van der Waals surface area contributed by atoms with Gasteiger partial charge in [-0.25, -0.2) is 0 Å². The first kappa shape index (κ1) is 16.2. The summed E-state index contributed by atoms with van der Waals surface area (Å²) < 4.78 is 7.97. The lowest BCUT2D eigenvalue weighted by molar-refractivity contribution is 0.100. The van der Waals surface area contributed by atoms with E-state index in [2.05, 4.69) is 28.8 Å². The first-order chi connectivity index (χ1) is 13.2. The third-order valence-corrected chi connectivity index (χ3v) is 5.88. The number of benzene rings is 2. The second-order valence-electron chi connectivity index (χ2n) is 7.53. The third kappa shape index (κ3) is 2.64. The third-order valence-electron chi connectivity index (χ3n) is 5.88. The maximum absolute atomic E-state index is 12.1. The number of rotatable bonds is 4. The smallest absolute Gasteiger partial charge is 0.249 e. The molecule has 136 valence electrons. The second kappa shape index (κ2) is 6.31. The minimum Gasteiger partial charge on any atom is -0.464 e. The highest BCUT2D eigenvalue weighted by Crippen LogP contribution is 2.36. The molecule has 0 atom stereocenters. The molecule has 1 fully saturated rings. The number of hydrogen-bond acceptors (Lipinski definition) is 2. The molecule has 0 saturated heterocycles. The van der Waals surface area contributed by atoms with E-state index in [1.807, 2.05) is 24.3 Å². The van der Waals surface area contributed by atoms with Gasteiger partial charge in [0.15, 0.2) is 0 Å². The molecule has 0 spiro atoms. The van der Waals surface area contributed by atoms with Gasteiger partial charge in [-0.1, -0.05) is 31.0 Å². The summed E-state index contributed by atoms with van der Waals surface area (Å²) in [7, 11) is 0. The Kier molecular flexibility index (Phi) is 3.78. The monoisotopic (exact) mass is 358 g/mol. The second-order valence-corrected chi connectivity index (χ2v) is 7.53. The van der Waals surface area contributed by atoms with E-state index in [-0.39, 0.29) is 5.91 Å². The number of carbonyl (C=O) groups is 1. The largest absolute Gasteiger partial charge is 0.464 e. The van der Waals surface area contributed by atoms with Gasteiger partial charge in [-0.3, -0.25) is 4.79 Å². The van der Waals surface area contributed by atoms with E-state index in [1.165, 1.54) is 25.7 Å². The number of aromatic nitrogens is 1. The number of furan rings is 1. The number of amides is 1. The van der Waals surface area contributed by atoms with Crippen LogP contribution in [0.1, 0.15) is 36.0 Å². The van der Waals surface area contributed by atoms with Gasteiger partial charge in [0.1, 0.15) is 5.76 Å². The molecule has 4 aromatic rings. The van der Waals surface area contributed by atoms with Crippen molar-refractivity contribution in [2.45, 2.75) is 32.2 Å². The van der Waals surface area contributed by atoms with E-state index in [1.54, 1.807) is 6.26 Å². The fourth-order valence-corrected chi connectivity index (χ4v) is 4.59. The molecule has 0 bridgehead atoms. The number of hydrogen-bond donors (Lipinski definition) is 1. The number of fused-ring (bicyclic) bond motifs is 3. The standard InChI is InChI=1S/C23H22N2O2/c24-23(26)18-7-3-8-19-22(18)17-11-10-16(21-9-4-12-27-21)13-20(17)25(19)14-15-5-1-2-6-15/h3-4,7-13,15H,1-2,5-6,14H2,(H2,24,26). The Morgan fingerprint density at radius 3 is 2.67 bits per heavy atom. The van der Waals surface area contributed by atoms with Gasteiger partial charge in [-0.15, -0.1) is 0 Å². The highest BCUT2D eigenvalue weighted by atomic mass is 16.3. The molecule has 2 aromatic carbocycles. The summed E-state index contributed by atoms with van der Waals surface area (Å²) in [5.41, 5.74) is 9.55. The Labute approximate surface area is 157 Å². The Morgan fingerprint density at radius 1 is 1.07 bits per heavy atom. The summed E-state index contributed by atoms with van der Waals surface area (Å²) in [5, 5.41) is 2.04. The first-order valence-corrected chi connectivity index (χ1v) is 9.61. The minimum absolute atomic E-state index is 0.379. The minimum atomic E-state index is -0.379. The van der Waals surface area contributed by atoms with Crippen LogP contribution in [0.15, 0.2) is 59.2 Å². The summed E-state index contributed by atoms with van der Waals surface area (Å²) in [6.45, 7) is 0.976. The maximum Gasteiger partial charge on any atom is 0.249 e. The SMILES string of the molecule is NC(=O)c1cccc2c1c1ccc(-c3ccco3)cc1n2CC1CCCC1. The molecule has 1 aliphatic rings. The molecule has 1 amide bonds. The van der Waals surface area contributed by atoms with Crippen LogP contribution in [0, 0.1) is 5.92 Å². The van der Waals surface area contributed by atoms with E-state index in [9.17, 15) is 4.79 Å². The highest BCUT2D eigenvalue weighted by molar-refractivity contribution is 6.18. The van der Waals surface area contributed by atoms with Gasteiger partial charge in [-0.2, -0.15) is 0 Å². The van der Waals surface area contributed by atoms with Crippen LogP contribution in [0.3, 0.4) is 0 Å². The lowest BCUT2D eigenvalue weighted by Crippen LogP contribution is -2.11. The molecule has 0 unspecified atom stereocenters. The van der Waals surface area contributed by atoms with Crippen molar-refractivity contribution < 1.29 is 9.21 Å². The van der Waals surface area contributed by atoms with Gasteiger partial charge in [0.25, 0.3) is 0 Å². The fourth-order valence-electron chi connectivity index (χ4n) is 4.59. The van der Waals surface area contributed by atoms with Gasteiger partial charge >= 0.3 is 0 Å². The van der Waals surface area contributed by atoms with E-state index in [4.69, 9.17) is 10.2 Å². The number of carbonyl (C=O) groups excluding carboxylic acids is 1. The summed E-state index contributed by atoms with van der Waals surface area (Å²) >= 11 is 0. The van der Waals surface area contributed by atoms with Crippen molar-refractivity contribution in [3.63, 3.8) is 0 Å². The van der Waals surface area contributed by atoms with Crippen LogP contribution in [0.2, 0.25) is 0 Å². The Morgan fingerprint density at radius 2 is 1.93 bits per heavy atom. The van der Waals surface area contributed by atoms with Gasteiger partial charge < -0.3 is 14.7 Å². The van der Waals surface area contributed by atoms with Crippen molar-refractivity contribution in [3.8, 4) is 11.3 Å². The van der Waals surface area contributed by atoms with Crippen LogP contribution in [0.5, 0.6) is 0 Å². The van der Waals surface area contributed by atoms with E-state index in [0.29, 0.717) is 11.5 Å². The van der Waals surface area contributed by atoms with Crippen LogP contribution >= 0.6 is 0 Å². The predicted octanol–water partition coefficient (Wildman–Crippen LogP) is 5.34. The zero-order valence-corrected chi connectivity index (χ0v) is 15.2. The molecule has 27 heavy (non-hydrogen) atoms. The first-order valence-electron chi connectivity index (χ1n) is 9.61. The molecule has 4 nitrogen and oxygen atoms in total. The number of nitrogens with two attached hydrogens (primary N) is 1. The molecular weight excluding hydrogens is 336 g/mol. The Balaban J connectivity index is 1.79. The van der Waals surface area contributed by atoms with Crippen molar-refractivity contribution in [2.75, 3.05) is 0 Å². The molecule has 0 radical (unpaired) electrons. The molecular formula is C23H22N2O2. The lowest BCUT2D eigenvalue weighted by Gasteiger charge is -2.13. The topological polar surface area (TPSA) is 61.2 Å². The van der Waals surface area contributed by atoms with Crippen LogP contribution in [-0.4, -0.2) is 10.5 Å². The average Bonchev–Trinajstić information content (AvgIpc) is 3.43. The zero-order chi connectivity index (χ0) is 18.4. The normalized spacial score (nSPS) is 15.1. The van der Waals surface area contributed by atoms with E-state index in [0.717, 1.165) is 39.7 Å². The molecule has 0 aliphatic heterocycles. The summed E-state index contributed by atoms with van der Waals surface area (Å²) in [5.74, 6) is 1.16. The molecule has 1 saturated carbocycles. The lowest BCUT2D eigenvalue weighted by atomic mass is 10.0. The number of primary amides is 1. The molecule has 5 rings (SSSR count). The maximum atomic E-state index is 12.1. The Hall–Kier alpha value is -3.01. The summed E-state index contributed by atoms with van der Waals surface area (Å²) in [6, 6.07) is 16.0. The van der Waals surface area contributed by atoms with Crippen molar-refractivity contribution >= 4 is 27.7 Å². The van der Waals surface area contributed by atoms with Crippen molar-refractivity contribution in [3.05, 3.63) is 60.4 Å².